The van der Waals surface area contributed by atoms with Gasteiger partial charge in [0, 0.05) is 6.20 Å². The molecule has 94 valence electrons. The Morgan fingerprint density at radius 1 is 1.16 bits per heavy atom. The van der Waals surface area contributed by atoms with Gasteiger partial charge in [-0.1, -0.05) is 6.07 Å². The number of aromatic nitrogens is 4. The summed E-state index contributed by atoms with van der Waals surface area (Å²) in [6, 6.07) is 9.16. The summed E-state index contributed by atoms with van der Waals surface area (Å²) in [5, 5.41) is 13.2. The van der Waals surface area contributed by atoms with Crippen molar-refractivity contribution in [2.24, 2.45) is 0 Å². The van der Waals surface area contributed by atoms with Crippen LogP contribution in [0.5, 0.6) is 0 Å². The monoisotopic (exact) mass is 254 g/mol. The third-order valence-corrected chi connectivity index (χ3v) is 2.69. The van der Waals surface area contributed by atoms with Gasteiger partial charge in [-0.3, -0.25) is 9.78 Å². The molecule has 3 aromatic rings. The van der Waals surface area contributed by atoms with E-state index < -0.39 is 5.97 Å². The molecule has 3 heterocycles. The molecule has 0 unspecified atom stereocenters. The van der Waals surface area contributed by atoms with Crippen LogP contribution in [0.3, 0.4) is 0 Å². The fraction of sp³-hybridized carbons (Fsp3) is 0.0769. The normalized spacial score (nSPS) is 10.7. The molecule has 0 aliphatic rings. The van der Waals surface area contributed by atoms with E-state index >= 15 is 0 Å². The molecule has 6 nitrogen and oxygen atoms in total. The molecule has 0 atom stereocenters. The number of carboxylic acids is 1. The number of pyridine rings is 1. The first kappa shape index (κ1) is 11.3. The van der Waals surface area contributed by atoms with Crippen molar-refractivity contribution < 1.29 is 9.90 Å². The highest BCUT2D eigenvalue weighted by Crippen LogP contribution is 2.15. The second kappa shape index (κ2) is 4.49. The van der Waals surface area contributed by atoms with Gasteiger partial charge in [0.2, 0.25) is 0 Å². The molecular formula is C13H10N4O2. The van der Waals surface area contributed by atoms with Crippen molar-refractivity contribution in [3.05, 3.63) is 48.4 Å². The number of carbonyl (C=O) groups is 1. The predicted octanol–water partition coefficient (Wildman–Crippen LogP) is 1.42. The summed E-state index contributed by atoms with van der Waals surface area (Å²) in [5.74, 6) is -0.910. The minimum Gasteiger partial charge on any atom is -0.481 e. The largest absolute Gasteiger partial charge is 0.481 e. The second-order valence-electron chi connectivity index (χ2n) is 4.02. The first-order valence-electron chi connectivity index (χ1n) is 5.71. The zero-order chi connectivity index (χ0) is 13.2. The SMILES string of the molecule is O=C(O)Cc1cnc2ccc(-c3ccccn3)nn12. The summed E-state index contributed by atoms with van der Waals surface area (Å²) in [5.41, 5.74) is 2.58. The third-order valence-electron chi connectivity index (χ3n) is 2.69. The average molecular weight is 254 g/mol. The first-order chi connectivity index (χ1) is 9.24. The smallest absolute Gasteiger partial charge is 0.309 e. The Balaban J connectivity index is 2.11. The van der Waals surface area contributed by atoms with Gasteiger partial charge in [-0.05, 0) is 24.3 Å². The molecule has 1 N–H and O–H groups in total. The molecule has 0 saturated heterocycles. The highest BCUT2D eigenvalue weighted by Gasteiger charge is 2.10. The van der Waals surface area contributed by atoms with Crippen LogP contribution < -0.4 is 0 Å². The molecule has 0 bridgehead atoms. The van der Waals surface area contributed by atoms with Gasteiger partial charge in [0.25, 0.3) is 0 Å². The lowest BCUT2D eigenvalue weighted by atomic mass is 10.2. The predicted molar refractivity (Wildman–Crippen MR) is 67.6 cm³/mol. The van der Waals surface area contributed by atoms with Crippen LogP contribution >= 0.6 is 0 Å². The van der Waals surface area contributed by atoms with Crippen LogP contribution in [-0.4, -0.2) is 30.7 Å². The zero-order valence-electron chi connectivity index (χ0n) is 9.89. The van der Waals surface area contributed by atoms with E-state index in [-0.39, 0.29) is 6.42 Å². The number of hydrogen-bond donors (Lipinski definition) is 1. The van der Waals surface area contributed by atoms with Crippen molar-refractivity contribution in [3.8, 4) is 11.4 Å². The highest BCUT2D eigenvalue weighted by atomic mass is 16.4. The van der Waals surface area contributed by atoms with Crippen LogP contribution in [-0.2, 0) is 11.2 Å². The van der Waals surface area contributed by atoms with E-state index in [1.165, 1.54) is 10.7 Å². The van der Waals surface area contributed by atoms with Crippen LogP contribution in [0.2, 0.25) is 0 Å². The quantitative estimate of drug-likeness (QED) is 0.764. The van der Waals surface area contributed by atoms with Gasteiger partial charge in [0.15, 0.2) is 5.65 Å². The Labute approximate surface area is 108 Å². The van der Waals surface area contributed by atoms with Crippen LogP contribution in [0.25, 0.3) is 17.0 Å². The van der Waals surface area contributed by atoms with E-state index in [4.69, 9.17) is 5.11 Å². The van der Waals surface area contributed by atoms with Crippen LogP contribution in [0.4, 0.5) is 0 Å². The Bertz CT molecular complexity index is 737. The molecule has 0 radical (unpaired) electrons. The van der Waals surface area contributed by atoms with Crippen molar-refractivity contribution in [2.45, 2.75) is 6.42 Å². The third kappa shape index (κ3) is 2.15. The lowest BCUT2D eigenvalue weighted by molar-refractivity contribution is -0.136. The Kier molecular flexibility index (Phi) is 2.68. The molecule has 0 amide bonds. The molecule has 3 aromatic heterocycles. The molecule has 0 spiro atoms. The maximum atomic E-state index is 10.8. The van der Waals surface area contributed by atoms with Crippen molar-refractivity contribution in [2.75, 3.05) is 0 Å². The number of fused-ring (bicyclic) bond motifs is 1. The lowest BCUT2D eigenvalue weighted by Crippen LogP contribution is -2.05. The average Bonchev–Trinajstić information content (AvgIpc) is 2.82. The van der Waals surface area contributed by atoms with Gasteiger partial charge in [-0.2, -0.15) is 5.10 Å². The Morgan fingerprint density at radius 3 is 2.79 bits per heavy atom. The van der Waals surface area contributed by atoms with E-state index in [9.17, 15) is 4.79 Å². The summed E-state index contributed by atoms with van der Waals surface area (Å²) < 4.78 is 1.54. The van der Waals surface area contributed by atoms with Gasteiger partial charge in [0.1, 0.15) is 5.69 Å². The van der Waals surface area contributed by atoms with Crippen molar-refractivity contribution in [3.63, 3.8) is 0 Å². The zero-order valence-corrected chi connectivity index (χ0v) is 9.89. The summed E-state index contributed by atoms with van der Waals surface area (Å²) in [4.78, 5) is 19.1. The molecular weight excluding hydrogens is 244 g/mol. The van der Waals surface area contributed by atoms with Crippen LogP contribution in [0.1, 0.15) is 5.69 Å². The molecule has 6 heteroatoms. The lowest BCUT2D eigenvalue weighted by Gasteiger charge is -2.02. The molecule has 0 aliphatic carbocycles. The number of imidazole rings is 1. The van der Waals surface area contributed by atoms with Crippen molar-refractivity contribution in [1.29, 1.82) is 0 Å². The summed E-state index contributed by atoms with van der Waals surface area (Å²) in [7, 11) is 0. The van der Waals surface area contributed by atoms with Gasteiger partial charge < -0.3 is 5.11 Å². The van der Waals surface area contributed by atoms with E-state index in [1.807, 2.05) is 24.3 Å². The second-order valence-corrected chi connectivity index (χ2v) is 4.02. The van der Waals surface area contributed by atoms with Crippen molar-refractivity contribution in [1.82, 2.24) is 19.6 Å². The van der Waals surface area contributed by atoms with E-state index in [2.05, 4.69) is 15.1 Å². The molecule has 0 saturated carbocycles. The fourth-order valence-electron chi connectivity index (χ4n) is 1.85. The molecule has 0 aromatic carbocycles. The summed E-state index contributed by atoms with van der Waals surface area (Å²) >= 11 is 0. The maximum absolute atomic E-state index is 10.8. The van der Waals surface area contributed by atoms with Gasteiger partial charge in [-0.15, -0.1) is 0 Å². The molecule has 3 rings (SSSR count). The summed E-state index contributed by atoms with van der Waals surface area (Å²) in [6.45, 7) is 0. The number of rotatable bonds is 3. The maximum Gasteiger partial charge on any atom is 0.309 e. The van der Waals surface area contributed by atoms with E-state index in [1.54, 1.807) is 12.3 Å². The minimum absolute atomic E-state index is 0.111. The summed E-state index contributed by atoms with van der Waals surface area (Å²) in [6.07, 6.45) is 3.10. The standard InChI is InChI=1S/C13H10N4O2/c18-13(19)7-9-8-15-12-5-4-11(16-17(9)12)10-3-1-2-6-14-10/h1-6,8H,7H2,(H,18,19). The van der Waals surface area contributed by atoms with Crippen LogP contribution in [0.15, 0.2) is 42.7 Å². The molecule has 19 heavy (non-hydrogen) atoms. The Hall–Kier alpha value is -2.76. The van der Waals surface area contributed by atoms with E-state index in [0.717, 1.165) is 5.69 Å². The van der Waals surface area contributed by atoms with Gasteiger partial charge in [0.05, 0.1) is 24.0 Å². The molecule has 0 fully saturated rings. The van der Waals surface area contributed by atoms with Crippen molar-refractivity contribution >= 4 is 11.6 Å². The first-order valence-corrected chi connectivity index (χ1v) is 5.71. The van der Waals surface area contributed by atoms with Gasteiger partial charge >= 0.3 is 5.97 Å². The fourth-order valence-corrected chi connectivity index (χ4v) is 1.85. The number of aliphatic carboxylic acids is 1. The highest BCUT2D eigenvalue weighted by molar-refractivity contribution is 5.70. The Morgan fingerprint density at radius 2 is 2.05 bits per heavy atom. The number of nitrogens with zero attached hydrogens (tertiary/aromatic N) is 4. The topological polar surface area (TPSA) is 80.4 Å². The minimum atomic E-state index is -0.910. The van der Waals surface area contributed by atoms with Crippen LogP contribution in [0, 0.1) is 0 Å². The number of hydrogen-bond acceptors (Lipinski definition) is 4. The van der Waals surface area contributed by atoms with Gasteiger partial charge in [-0.25, -0.2) is 9.50 Å². The van der Waals surface area contributed by atoms with E-state index in [0.29, 0.717) is 17.0 Å². The molecule has 0 aliphatic heterocycles. The number of carboxylic acid groups (broad SMARTS) is 1.